The number of phenolic OH excluding ortho intramolecular Hbond substituents is 3. The molecule has 0 heterocycles. The Kier molecular flexibility index (Phi) is 16.4. The average molecular weight is 357 g/mol. The van der Waals surface area contributed by atoms with Crippen LogP contribution in [-0.2, 0) is 0 Å². The molecule has 0 spiro atoms. The number of benzene rings is 3. The van der Waals surface area contributed by atoms with Crippen LogP contribution in [0.1, 0.15) is 28.2 Å². The van der Waals surface area contributed by atoms with E-state index in [1.165, 1.54) is 0 Å². The van der Waals surface area contributed by atoms with Crippen molar-refractivity contribution in [2.45, 2.75) is 28.2 Å². The lowest BCUT2D eigenvalue weighted by molar-refractivity contribution is 0.475. The third kappa shape index (κ3) is 19.1. The normalized spacial score (nSPS) is 8.31. The quantitative estimate of drug-likeness (QED) is 0.432. The zero-order chi connectivity index (χ0) is 18.9. The van der Waals surface area contributed by atoms with Gasteiger partial charge in [-0.25, -0.2) is 0 Å². The number of para-hydroxylation sites is 3. The van der Waals surface area contributed by atoms with Crippen LogP contribution in [0.2, 0.25) is 0 Å². The van der Waals surface area contributed by atoms with Crippen LogP contribution >= 0.6 is 0 Å². The Hall–Kier alpha value is -2.94. The third-order valence-corrected chi connectivity index (χ3v) is 2.27. The lowest BCUT2D eigenvalue weighted by Gasteiger charge is -1.82. The molecule has 0 atom stereocenters. The summed E-state index contributed by atoms with van der Waals surface area (Å²) in [4.78, 5) is 0. The maximum absolute atomic E-state index is 8.63. The number of hydrogen-bond donors (Lipinski definition) is 3. The van der Waals surface area contributed by atoms with Crippen LogP contribution in [-0.4, -0.2) is 15.3 Å². The third-order valence-electron chi connectivity index (χ3n) is 2.27. The molecule has 0 aliphatic carbocycles. The largest absolute Gasteiger partial charge is 0.508 e. The van der Waals surface area contributed by atoms with Gasteiger partial charge < -0.3 is 15.3 Å². The summed E-state index contributed by atoms with van der Waals surface area (Å²) in [6, 6.07) is 26.1. The lowest BCUT2D eigenvalue weighted by Crippen LogP contribution is -1.66. The molecule has 3 rings (SSSR count). The molecule has 3 N–H and O–H groups in total. The predicted octanol–water partition coefficient (Wildman–Crippen LogP) is 6.48. The van der Waals surface area contributed by atoms with Gasteiger partial charge in [0.2, 0.25) is 0 Å². The second kappa shape index (κ2) is 16.9. The smallest absolute Gasteiger partial charge is 0.115 e. The summed E-state index contributed by atoms with van der Waals surface area (Å²) in [6.45, 7) is 6.50. The van der Waals surface area contributed by atoms with E-state index in [2.05, 4.69) is 20.8 Å². The van der Waals surface area contributed by atoms with E-state index in [9.17, 15) is 0 Å². The lowest BCUT2D eigenvalue weighted by atomic mass is 10.3. The van der Waals surface area contributed by atoms with Gasteiger partial charge in [0.05, 0.1) is 0 Å². The summed E-state index contributed by atoms with van der Waals surface area (Å²) in [6.07, 6.45) is 0. The molecular formula is C23H32O3. The van der Waals surface area contributed by atoms with Crippen LogP contribution in [0.25, 0.3) is 0 Å². The highest BCUT2D eigenvalue weighted by Crippen LogP contribution is 2.04. The van der Waals surface area contributed by atoms with Crippen molar-refractivity contribution in [3.8, 4) is 17.2 Å². The Morgan fingerprint density at radius 1 is 0.462 bits per heavy atom. The van der Waals surface area contributed by atoms with Gasteiger partial charge in [0.1, 0.15) is 17.2 Å². The molecule has 0 saturated carbocycles. The first-order valence-electron chi connectivity index (χ1n) is 8.13. The zero-order valence-corrected chi connectivity index (χ0v) is 15.1. The molecule has 0 fully saturated rings. The van der Waals surface area contributed by atoms with Crippen molar-refractivity contribution in [3.05, 3.63) is 91.0 Å². The summed E-state index contributed by atoms with van der Waals surface area (Å²) < 4.78 is 0. The van der Waals surface area contributed by atoms with Crippen molar-refractivity contribution in [2.75, 3.05) is 0 Å². The Morgan fingerprint density at radius 2 is 0.615 bits per heavy atom. The fraction of sp³-hybridized carbons (Fsp3) is 0.217. The molecule has 0 saturated heterocycles. The summed E-state index contributed by atoms with van der Waals surface area (Å²) >= 11 is 0. The van der Waals surface area contributed by atoms with Gasteiger partial charge in [-0.15, -0.1) is 0 Å². The maximum Gasteiger partial charge on any atom is 0.115 e. The van der Waals surface area contributed by atoms with Crippen molar-refractivity contribution < 1.29 is 15.3 Å². The van der Waals surface area contributed by atoms with Gasteiger partial charge in [0, 0.05) is 0 Å². The molecule has 3 aromatic rings. The van der Waals surface area contributed by atoms with Crippen LogP contribution in [0.4, 0.5) is 0 Å². The molecule has 26 heavy (non-hydrogen) atoms. The number of rotatable bonds is 0. The Bertz CT molecular complexity index is 531. The molecule has 0 bridgehead atoms. The van der Waals surface area contributed by atoms with E-state index in [1.807, 2.05) is 18.2 Å². The first-order valence-corrected chi connectivity index (χ1v) is 8.13. The highest BCUT2D eigenvalue weighted by molar-refractivity contribution is 5.19. The molecule has 0 aliphatic rings. The fourth-order valence-corrected chi connectivity index (χ4v) is 1.28. The Morgan fingerprint density at radius 3 is 0.692 bits per heavy atom. The summed E-state index contributed by atoms with van der Waals surface area (Å²) in [7, 11) is 0. The van der Waals surface area contributed by atoms with Crippen LogP contribution in [0.5, 0.6) is 17.2 Å². The van der Waals surface area contributed by atoms with Crippen LogP contribution in [0, 0.1) is 5.92 Å². The van der Waals surface area contributed by atoms with Crippen molar-refractivity contribution in [2.24, 2.45) is 5.92 Å². The van der Waals surface area contributed by atoms with E-state index in [4.69, 9.17) is 15.3 Å². The SMILES string of the molecule is C.CC(C)C.Oc1ccccc1.Oc1ccccc1.Oc1ccccc1. The molecular weight excluding hydrogens is 324 g/mol. The molecule has 142 valence electrons. The van der Waals surface area contributed by atoms with E-state index in [0.29, 0.717) is 17.2 Å². The minimum atomic E-state index is 0. The van der Waals surface area contributed by atoms with Crippen molar-refractivity contribution in [1.82, 2.24) is 0 Å². The van der Waals surface area contributed by atoms with E-state index < -0.39 is 0 Å². The van der Waals surface area contributed by atoms with Gasteiger partial charge in [-0.3, -0.25) is 0 Å². The second-order valence-corrected chi connectivity index (χ2v) is 5.74. The molecule has 3 aromatic carbocycles. The van der Waals surface area contributed by atoms with Crippen LogP contribution < -0.4 is 0 Å². The van der Waals surface area contributed by atoms with E-state index >= 15 is 0 Å². The molecule has 0 unspecified atom stereocenters. The van der Waals surface area contributed by atoms with Gasteiger partial charge in [0.25, 0.3) is 0 Å². The summed E-state index contributed by atoms with van der Waals surface area (Å²) in [5, 5.41) is 25.9. The maximum atomic E-state index is 8.63. The minimum Gasteiger partial charge on any atom is -0.508 e. The summed E-state index contributed by atoms with van der Waals surface area (Å²) in [5.74, 6) is 1.80. The predicted molar refractivity (Wildman–Crippen MR) is 112 cm³/mol. The standard InChI is InChI=1S/3C6H6O.C4H10.CH4/c3*7-6-4-2-1-3-5-6;1-4(2)3;/h3*1-5,7H;4H,1-3H3;1H4. The first kappa shape index (κ1) is 25.3. The minimum absolute atomic E-state index is 0. The van der Waals surface area contributed by atoms with Crippen molar-refractivity contribution in [3.63, 3.8) is 0 Å². The summed E-state index contributed by atoms with van der Waals surface area (Å²) in [5.41, 5.74) is 0. The van der Waals surface area contributed by atoms with Gasteiger partial charge in [-0.1, -0.05) is 82.8 Å². The number of aromatic hydroxyl groups is 3. The fourth-order valence-electron chi connectivity index (χ4n) is 1.28. The molecule has 3 heteroatoms. The molecule has 0 amide bonds. The molecule has 0 aromatic heterocycles. The van der Waals surface area contributed by atoms with Gasteiger partial charge in [0.15, 0.2) is 0 Å². The van der Waals surface area contributed by atoms with Gasteiger partial charge in [-0.05, 0) is 42.3 Å². The van der Waals surface area contributed by atoms with Gasteiger partial charge >= 0.3 is 0 Å². The zero-order valence-electron chi connectivity index (χ0n) is 15.1. The van der Waals surface area contributed by atoms with E-state index in [1.54, 1.807) is 72.8 Å². The molecule has 0 aliphatic heterocycles. The Balaban J connectivity index is 0. The molecule has 0 radical (unpaired) electrons. The second-order valence-electron chi connectivity index (χ2n) is 5.74. The van der Waals surface area contributed by atoms with E-state index in [0.717, 1.165) is 5.92 Å². The van der Waals surface area contributed by atoms with E-state index in [-0.39, 0.29) is 7.43 Å². The number of hydrogen-bond acceptors (Lipinski definition) is 3. The van der Waals surface area contributed by atoms with Crippen molar-refractivity contribution >= 4 is 0 Å². The van der Waals surface area contributed by atoms with Crippen molar-refractivity contribution in [1.29, 1.82) is 0 Å². The van der Waals surface area contributed by atoms with Crippen LogP contribution in [0.15, 0.2) is 91.0 Å². The number of phenols is 3. The van der Waals surface area contributed by atoms with Gasteiger partial charge in [-0.2, -0.15) is 0 Å². The first-order chi connectivity index (χ1) is 11.9. The Labute approximate surface area is 158 Å². The highest BCUT2D eigenvalue weighted by Gasteiger charge is 1.76. The van der Waals surface area contributed by atoms with Crippen LogP contribution in [0.3, 0.4) is 0 Å². The highest BCUT2D eigenvalue weighted by atomic mass is 16.3. The topological polar surface area (TPSA) is 60.7 Å². The monoisotopic (exact) mass is 356 g/mol. The average Bonchev–Trinajstić information content (AvgIpc) is 2.58. The molecule has 3 nitrogen and oxygen atoms in total.